The Bertz CT molecular complexity index is 992. The van der Waals surface area contributed by atoms with Gasteiger partial charge in [0.05, 0.1) is 20.2 Å². The maximum atomic E-state index is 5.23. The first kappa shape index (κ1) is 22.3. The first-order valence-electron chi connectivity index (χ1n) is 10.5. The monoisotopic (exact) mass is 420 g/mol. The Hall–Kier alpha value is -3.35. The van der Waals surface area contributed by atoms with E-state index in [1.807, 2.05) is 42.8 Å². The van der Waals surface area contributed by atoms with Crippen molar-refractivity contribution in [3.05, 3.63) is 76.9 Å². The molecule has 0 spiro atoms. The maximum absolute atomic E-state index is 5.23. The Balaban J connectivity index is 1.67. The van der Waals surface area contributed by atoms with Gasteiger partial charge < -0.3 is 19.9 Å². The van der Waals surface area contributed by atoms with Crippen molar-refractivity contribution in [3.63, 3.8) is 0 Å². The quantitative estimate of drug-likeness (QED) is 0.431. The van der Waals surface area contributed by atoms with Gasteiger partial charge in [-0.1, -0.05) is 48.9 Å². The van der Waals surface area contributed by atoms with Gasteiger partial charge in [-0.3, -0.25) is 0 Å². The molecule has 7 heteroatoms. The summed E-state index contributed by atoms with van der Waals surface area (Å²) in [6, 6.07) is 16.6. The number of aliphatic imine (C=N–C) groups is 1. The van der Waals surface area contributed by atoms with E-state index in [4.69, 9.17) is 9.73 Å². The molecular weight excluding hydrogens is 388 g/mol. The van der Waals surface area contributed by atoms with Crippen LogP contribution in [0.1, 0.15) is 41.2 Å². The van der Waals surface area contributed by atoms with E-state index in [9.17, 15) is 0 Å². The van der Waals surface area contributed by atoms with Crippen LogP contribution in [0, 0.1) is 13.8 Å². The summed E-state index contributed by atoms with van der Waals surface area (Å²) in [5.41, 5.74) is 3.69. The number of aromatic nitrogens is 3. The average molecular weight is 421 g/mol. The second kappa shape index (κ2) is 10.6. The van der Waals surface area contributed by atoms with Crippen LogP contribution in [-0.2, 0) is 20.1 Å². The molecule has 0 saturated carbocycles. The van der Waals surface area contributed by atoms with Crippen LogP contribution in [0.25, 0.3) is 0 Å². The summed E-state index contributed by atoms with van der Waals surface area (Å²) < 4.78 is 7.21. The molecule has 0 fully saturated rings. The Kier molecular flexibility index (Phi) is 7.65. The van der Waals surface area contributed by atoms with Gasteiger partial charge in [-0.05, 0) is 43.0 Å². The number of nitrogens with one attached hydrogen (secondary N) is 2. The van der Waals surface area contributed by atoms with Gasteiger partial charge in [0, 0.05) is 13.6 Å². The Labute approximate surface area is 184 Å². The lowest BCUT2D eigenvalue weighted by atomic mass is 10.0. The highest BCUT2D eigenvalue weighted by Crippen LogP contribution is 2.15. The summed E-state index contributed by atoms with van der Waals surface area (Å²) in [5, 5.41) is 15.2. The molecule has 7 nitrogen and oxygen atoms in total. The summed E-state index contributed by atoms with van der Waals surface area (Å²) in [7, 11) is 3.63. The standard InChI is InChI=1S/C24H32N6O/c1-17-6-10-21(11-7-17)18(2)14-25-24(27-16-23-29-28-19(3)30(23)4)26-15-20-8-12-22(31-5)13-9-20/h6-13,18H,14-16H2,1-5H3,(H2,25,26,27). The van der Waals surface area contributed by atoms with E-state index in [0.717, 1.165) is 35.5 Å². The van der Waals surface area contributed by atoms with Crippen LogP contribution in [0.4, 0.5) is 0 Å². The number of benzene rings is 2. The van der Waals surface area contributed by atoms with E-state index < -0.39 is 0 Å². The van der Waals surface area contributed by atoms with Crippen molar-refractivity contribution in [3.8, 4) is 5.75 Å². The fourth-order valence-electron chi connectivity index (χ4n) is 3.11. The van der Waals surface area contributed by atoms with Crippen LogP contribution in [0.3, 0.4) is 0 Å². The van der Waals surface area contributed by atoms with Crippen molar-refractivity contribution in [1.82, 2.24) is 25.4 Å². The normalized spacial score (nSPS) is 12.5. The third kappa shape index (κ3) is 6.31. The lowest BCUT2D eigenvalue weighted by Gasteiger charge is -2.17. The lowest BCUT2D eigenvalue weighted by molar-refractivity contribution is 0.414. The number of hydrogen-bond acceptors (Lipinski definition) is 4. The summed E-state index contributed by atoms with van der Waals surface area (Å²) >= 11 is 0. The van der Waals surface area contributed by atoms with Crippen LogP contribution < -0.4 is 15.4 Å². The highest BCUT2D eigenvalue weighted by Gasteiger charge is 2.09. The first-order chi connectivity index (χ1) is 15.0. The smallest absolute Gasteiger partial charge is 0.191 e. The van der Waals surface area contributed by atoms with Crippen molar-refractivity contribution >= 4 is 5.96 Å². The number of rotatable bonds is 8. The second-order valence-electron chi connectivity index (χ2n) is 7.78. The minimum Gasteiger partial charge on any atom is -0.497 e. The summed E-state index contributed by atoms with van der Waals surface area (Å²) in [6.07, 6.45) is 0. The zero-order valence-electron chi connectivity index (χ0n) is 19.0. The molecule has 0 radical (unpaired) electrons. The molecule has 1 unspecified atom stereocenters. The Morgan fingerprint density at radius 1 is 1.03 bits per heavy atom. The van der Waals surface area contributed by atoms with Gasteiger partial charge >= 0.3 is 0 Å². The molecule has 31 heavy (non-hydrogen) atoms. The van der Waals surface area contributed by atoms with E-state index in [1.165, 1.54) is 11.1 Å². The van der Waals surface area contributed by atoms with Gasteiger partial charge in [0.25, 0.3) is 0 Å². The van der Waals surface area contributed by atoms with Gasteiger partial charge in [-0.15, -0.1) is 10.2 Å². The first-order valence-corrected chi connectivity index (χ1v) is 10.5. The molecular formula is C24H32N6O. The number of aryl methyl sites for hydroxylation is 2. The molecule has 0 bridgehead atoms. The summed E-state index contributed by atoms with van der Waals surface area (Å²) in [5.74, 6) is 3.69. The number of guanidine groups is 1. The summed E-state index contributed by atoms with van der Waals surface area (Å²) in [6.45, 7) is 8.15. The molecule has 164 valence electrons. The van der Waals surface area contributed by atoms with Crippen LogP contribution in [0.2, 0.25) is 0 Å². The zero-order valence-corrected chi connectivity index (χ0v) is 19.0. The van der Waals surface area contributed by atoms with Crippen molar-refractivity contribution in [1.29, 1.82) is 0 Å². The predicted molar refractivity (Wildman–Crippen MR) is 124 cm³/mol. The molecule has 1 heterocycles. The maximum Gasteiger partial charge on any atom is 0.191 e. The molecule has 0 aliphatic rings. The molecule has 1 aromatic heterocycles. The number of ether oxygens (including phenoxy) is 1. The molecule has 3 rings (SSSR count). The number of hydrogen-bond donors (Lipinski definition) is 2. The van der Waals surface area contributed by atoms with Gasteiger partial charge in [0.15, 0.2) is 11.8 Å². The van der Waals surface area contributed by atoms with Gasteiger partial charge in [0.1, 0.15) is 11.6 Å². The highest BCUT2D eigenvalue weighted by atomic mass is 16.5. The van der Waals surface area contributed by atoms with E-state index in [1.54, 1.807) is 7.11 Å². The second-order valence-corrected chi connectivity index (χ2v) is 7.78. The van der Waals surface area contributed by atoms with E-state index in [-0.39, 0.29) is 0 Å². The Morgan fingerprint density at radius 3 is 2.35 bits per heavy atom. The third-order valence-electron chi connectivity index (χ3n) is 5.40. The van der Waals surface area contributed by atoms with Gasteiger partial charge in [-0.25, -0.2) is 4.99 Å². The fraction of sp³-hybridized carbons (Fsp3) is 0.375. The van der Waals surface area contributed by atoms with Crippen molar-refractivity contribution in [2.75, 3.05) is 13.7 Å². The van der Waals surface area contributed by atoms with Crippen molar-refractivity contribution in [2.45, 2.75) is 39.8 Å². The van der Waals surface area contributed by atoms with Crippen LogP contribution in [0.5, 0.6) is 5.75 Å². The molecule has 1 atom stereocenters. The van der Waals surface area contributed by atoms with E-state index >= 15 is 0 Å². The van der Waals surface area contributed by atoms with Gasteiger partial charge in [-0.2, -0.15) is 0 Å². The topological polar surface area (TPSA) is 76.4 Å². The summed E-state index contributed by atoms with van der Waals surface area (Å²) in [4.78, 5) is 4.78. The fourth-order valence-corrected chi connectivity index (χ4v) is 3.11. The zero-order chi connectivity index (χ0) is 22.2. The van der Waals surface area contributed by atoms with Crippen LogP contribution in [-0.4, -0.2) is 34.4 Å². The number of methoxy groups -OCH3 is 1. The largest absolute Gasteiger partial charge is 0.497 e. The van der Waals surface area contributed by atoms with E-state index in [2.05, 4.69) is 58.9 Å². The minimum absolute atomic E-state index is 0.352. The van der Waals surface area contributed by atoms with E-state index in [0.29, 0.717) is 19.0 Å². The number of nitrogens with zero attached hydrogens (tertiary/aromatic N) is 4. The minimum atomic E-state index is 0.352. The highest BCUT2D eigenvalue weighted by molar-refractivity contribution is 5.79. The molecule has 0 aliphatic carbocycles. The Morgan fingerprint density at radius 2 is 1.74 bits per heavy atom. The molecule has 0 aliphatic heterocycles. The van der Waals surface area contributed by atoms with Crippen molar-refractivity contribution < 1.29 is 4.74 Å². The molecule has 2 N–H and O–H groups in total. The lowest BCUT2D eigenvalue weighted by Crippen LogP contribution is -2.39. The SMILES string of the molecule is COc1ccc(CN=C(NCc2nnc(C)n2C)NCC(C)c2ccc(C)cc2)cc1. The van der Waals surface area contributed by atoms with Gasteiger partial charge in [0.2, 0.25) is 0 Å². The van der Waals surface area contributed by atoms with Crippen LogP contribution >= 0.6 is 0 Å². The molecule has 3 aromatic rings. The third-order valence-corrected chi connectivity index (χ3v) is 5.40. The molecule has 0 amide bonds. The average Bonchev–Trinajstić information content (AvgIpc) is 3.11. The van der Waals surface area contributed by atoms with Crippen molar-refractivity contribution in [2.24, 2.45) is 12.0 Å². The predicted octanol–water partition coefficient (Wildman–Crippen LogP) is 3.48. The molecule has 0 saturated heterocycles. The molecule has 2 aromatic carbocycles. The van der Waals surface area contributed by atoms with Crippen LogP contribution in [0.15, 0.2) is 53.5 Å².